The van der Waals surface area contributed by atoms with Crippen LogP contribution in [-0.2, 0) is 11.3 Å². The normalized spacial score (nSPS) is 16.0. The van der Waals surface area contributed by atoms with Crippen molar-refractivity contribution in [2.75, 3.05) is 19.7 Å². The van der Waals surface area contributed by atoms with Crippen LogP contribution in [0.4, 0.5) is 4.79 Å². The smallest absolute Gasteiger partial charge is 0.409 e. The molecule has 3 N–H and O–H groups in total. The Morgan fingerprint density at radius 1 is 1.52 bits per heavy atom. The molecular weight excluding hydrogens is 274 g/mol. The molecule has 0 unspecified atom stereocenters. The maximum Gasteiger partial charge on any atom is 0.409 e. The van der Waals surface area contributed by atoms with E-state index in [9.17, 15) is 14.7 Å². The average molecular weight is 295 g/mol. The number of piperidine rings is 1. The second-order valence-electron chi connectivity index (χ2n) is 5.05. The summed E-state index contributed by atoms with van der Waals surface area (Å²) in [6, 6.07) is 1.68. The number of aromatic amines is 1. The van der Waals surface area contributed by atoms with Gasteiger partial charge in [0.2, 0.25) is 5.43 Å². The number of carbonyl (C=O) groups excluding carboxylic acids is 1. The van der Waals surface area contributed by atoms with Gasteiger partial charge in [-0.1, -0.05) is 0 Å². The van der Waals surface area contributed by atoms with E-state index in [0.717, 1.165) is 18.5 Å². The van der Waals surface area contributed by atoms with Crippen LogP contribution in [0.1, 0.15) is 25.5 Å². The van der Waals surface area contributed by atoms with Crippen LogP contribution in [0.5, 0.6) is 5.75 Å². The van der Waals surface area contributed by atoms with Crippen LogP contribution in [0.25, 0.3) is 0 Å². The van der Waals surface area contributed by atoms with Crippen molar-refractivity contribution >= 4 is 6.09 Å². The summed E-state index contributed by atoms with van der Waals surface area (Å²) in [4.78, 5) is 27.5. The first kappa shape index (κ1) is 15.4. The summed E-state index contributed by atoms with van der Waals surface area (Å²) in [5.41, 5.74) is 0.341. The SMILES string of the molecule is CCOC(=O)N1CCC(NCc2cc(=O)c(O)c[nH]2)CC1. The third-order valence-electron chi connectivity index (χ3n) is 3.55. The number of hydrogen-bond donors (Lipinski definition) is 3. The Bertz CT molecular complexity index is 535. The predicted molar refractivity (Wildman–Crippen MR) is 77.2 cm³/mol. The molecule has 1 saturated heterocycles. The summed E-state index contributed by atoms with van der Waals surface area (Å²) in [6.45, 7) is 4.06. The van der Waals surface area contributed by atoms with Crippen LogP contribution >= 0.6 is 0 Å². The number of likely N-dealkylation sites (tertiary alicyclic amines) is 1. The number of nitrogens with one attached hydrogen (secondary N) is 2. The lowest BCUT2D eigenvalue weighted by Crippen LogP contribution is -2.45. The Kier molecular flexibility index (Phi) is 5.21. The molecule has 1 amide bonds. The first-order valence-electron chi connectivity index (χ1n) is 7.15. The summed E-state index contributed by atoms with van der Waals surface area (Å²) in [5, 5.41) is 12.5. The molecule has 1 aromatic heterocycles. The first-order chi connectivity index (χ1) is 10.1. The topological polar surface area (TPSA) is 94.7 Å². The molecule has 0 radical (unpaired) electrons. The van der Waals surface area contributed by atoms with Gasteiger partial charge in [-0.25, -0.2) is 4.79 Å². The third-order valence-corrected chi connectivity index (χ3v) is 3.55. The molecule has 1 aliphatic rings. The standard InChI is InChI=1S/C14H21N3O4/c1-2-21-14(20)17-5-3-10(4-6-17)15-8-11-7-12(18)13(19)9-16-11/h7,9-10,15,19H,2-6,8H2,1H3,(H,16,18). The lowest BCUT2D eigenvalue weighted by atomic mass is 10.1. The lowest BCUT2D eigenvalue weighted by Gasteiger charge is -2.31. The van der Waals surface area contributed by atoms with E-state index >= 15 is 0 Å². The molecule has 0 aromatic carbocycles. The number of aromatic nitrogens is 1. The Labute approximate surface area is 122 Å². The zero-order chi connectivity index (χ0) is 15.2. The van der Waals surface area contributed by atoms with Gasteiger partial charge in [0, 0.05) is 43.6 Å². The Hall–Kier alpha value is -2.02. The molecule has 0 saturated carbocycles. The van der Waals surface area contributed by atoms with E-state index in [2.05, 4.69) is 10.3 Å². The minimum Gasteiger partial charge on any atom is -0.503 e. The van der Waals surface area contributed by atoms with Crippen LogP contribution in [0.3, 0.4) is 0 Å². The minimum atomic E-state index is -0.386. The molecule has 116 valence electrons. The quantitative estimate of drug-likeness (QED) is 0.763. The number of H-pyrrole nitrogens is 1. The maximum atomic E-state index is 11.6. The molecule has 0 bridgehead atoms. The third kappa shape index (κ3) is 4.22. The van der Waals surface area contributed by atoms with Crippen LogP contribution in [0, 0.1) is 0 Å². The zero-order valence-electron chi connectivity index (χ0n) is 12.1. The van der Waals surface area contributed by atoms with E-state index < -0.39 is 0 Å². The minimum absolute atomic E-state index is 0.251. The second-order valence-corrected chi connectivity index (χ2v) is 5.05. The van der Waals surface area contributed by atoms with Gasteiger partial charge in [0.05, 0.1) is 6.61 Å². The van der Waals surface area contributed by atoms with E-state index in [1.807, 2.05) is 0 Å². The first-order valence-corrected chi connectivity index (χ1v) is 7.15. The Morgan fingerprint density at radius 3 is 2.86 bits per heavy atom. The van der Waals surface area contributed by atoms with Gasteiger partial charge in [0.15, 0.2) is 5.75 Å². The van der Waals surface area contributed by atoms with E-state index in [1.54, 1.807) is 11.8 Å². The van der Waals surface area contributed by atoms with E-state index in [1.165, 1.54) is 12.3 Å². The number of rotatable bonds is 4. The zero-order valence-corrected chi connectivity index (χ0v) is 12.1. The number of hydrogen-bond acceptors (Lipinski definition) is 5. The second kappa shape index (κ2) is 7.12. The molecule has 2 rings (SSSR count). The van der Waals surface area contributed by atoms with E-state index in [4.69, 9.17) is 4.74 Å². The fraction of sp³-hybridized carbons (Fsp3) is 0.571. The summed E-state index contributed by atoms with van der Waals surface area (Å²) in [6.07, 6.45) is 2.74. The molecule has 1 fully saturated rings. The number of nitrogens with zero attached hydrogens (tertiary/aromatic N) is 1. The van der Waals surface area contributed by atoms with Crippen molar-refractivity contribution in [1.29, 1.82) is 0 Å². The number of carbonyl (C=O) groups is 1. The highest BCUT2D eigenvalue weighted by molar-refractivity contribution is 5.67. The average Bonchev–Trinajstić information content (AvgIpc) is 2.49. The van der Waals surface area contributed by atoms with E-state index in [-0.39, 0.29) is 17.3 Å². The molecule has 0 spiro atoms. The highest BCUT2D eigenvalue weighted by Gasteiger charge is 2.23. The van der Waals surface area contributed by atoms with E-state index in [0.29, 0.717) is 32.3 Å². The molecule has 2 heterocycles. The van der Waals surface area contributed by atoms with Crippen LogP contribution in [0.15, 0.2) is 17.1 Å². The van der Waals surface area contributed by atoms with Gasteiger partial charge in [-0.15, -0.1) is 0 Å². The van der Waals surface area contributed by atoms with Gasteiger partial charge in [-0.2, -0.15) is 0 Å². The van der Waals surface area contributed by atoms with Gasteiger partial charge in [0.1, 0.15) is 0 Å². The van der Waals surface area contributed by atoms with Crippen molar-refractivity contribution in [1.82, 2.24) is 15.2 Å². The number of aromatic hydroxyl groups is 1. The monoisotopic (exact) mass is 295 g/mol. The molecular formula is C14H21N3O4. The van der Waals surface area contributed by atoms with Gasteiger partial charge < -0.3 is 25.0 Å². The van der Waals surface area contributed by atoms with Crippen molar-refractivity contribution in [3.63, 3.8) is 0 Å². The number of pyridine rings is 1. The van der Waals surface area contributed by atoms with Crippen LogP contribution in [-0.4, -0.2) is 46.8 Å². The fourth-order valence-electron chi connectivity index (χ4n) is 2.34. The molecule has 7 nitrogen and oxygen atoms in total. The number of amides is 1. The Balaban J connectivity index is 1.77. The maximum absolute atomic E-state index is 11.6. The molecule has 7 heteroatoms. The highest BCUT2D eigenvalue weighted by atomic mass is 16.6. The fourth-order valence-corrected chi connectivity index (χ4v) is 2.34. The van der Waals surface area contributed by atoms with Crippen LogP contribution in [0.2, 0.25) is 0 Å². The summed E-state index contributed by atoms with van der Waals surface area (Å²) < 4.78 is 4.97. The van der Waals surface area contributed by atoms with Crippen molar-refractivity contribution in [3.05, 3.63) is 28.2 Å². The van der Waals surface area contributed by atoms with Gasteiger partial charge in [-0.3, -0.25) is 4.79 Å². The molecule has 1 aromatic rings. The Morgan fingerprint density at radius 2 is 2.24 bits per heavy atom. The largest absolute Gasteiger partial charge is 0.503 e. The molecule has 0 aliphatic carbocycles. The summed E-state index contributed by atoms with van der Waals surface area (Å²) in [7, 11) is 0. The number of ether oxygens (including phenoxy) is 1. The highest BCUT2D eigenvalue weighted by Crippen LogP contribution is 2.12. The van der Waals surface area contributed by atoms with Crippen molar-refractivity contribution < 1.29 is 14.6 Å². The van der Waals surface area contributed by atoms with Crippen molar-refractivity contribution in [3.8, 4) is 5.75 Å². The van der Waals surface area contributed by atoms with Gasteiger partial charge >= 0.3 is 6.09 Å². The van der Waals surface area contributed by atoms with Gasteiger partial charge in [-0.05, 0) is 19.8 Å². The van der Waals surface area contributed by atoms with Crippen molar-refractivity contribution in [2.24, 2.45) is 0 Å². The van der Waals surface area contributed by atoms with Gasteiger partial charge in [0.25, 0.3) is 0 Å². The van der Waals surface area contributed by atoms with Crippen LogP contribution < -0.4 is 10.7 Å². The molecule has 0 atom stereocenters. The summed E-state index contributed by atoms with van der Waals surface area (Å²) >= 11 is 0. The molecule has 21 heavy (non-hydrogen) atoms. The lowest BCUT2D eigenvalue weighted by molar-refractivity contribution is 0.0949. The molecule has 1 aliphatic heterocycles. The van der Waals surface area contributed by atoms with Crippen molar-refractivity contribution in [2.45, 2.75) is 32.4 Å². The summed E-state index contributed by atoms with van der Waals surface area (Å²) in [5.74, 6) is -0.276. The predicted octanol–water partition coefficient (Wildman–Crippen LogP) is 0.791.